The Morgan fingerprint density at radius 1 is 1.25 bits per heavy atom. The highest BCUT2D eigenvalue weighted by Crippen LogP contribution is 2.34. The predicted octanol–water partition coefficient (Wildman–Crippen LogP) is 4.64. The van der Waals surface area contributed by atoms with Crippen LogP contribution in [-0.2, 0) is 9.53 Å². The van der Waals surface area contributed by atoms with Crippen molar-refractivity contribution < 1.29 is 14.3 Å². The molecular formula is C27H22Br2N2O4S. The zero-order valence-corrected chi connectivity index (χ0v) is 23.8. The van der Waals surface area contributed by atoms with Crippen LogP contribution in [0.15, 0.2) is 66.4 Å². The van der Waals surface area contributed by atoms with E-state index in [1.165, 1.54) is 11.3 Å². The van der Waals surface area contributed by atoms with Gasteiger partial charge in [-0.3, -0.25) is 9.36 Å². The Hall–Kier alpha value is -2.93. The third-order valence-electron chi connectivity index (χ3n) is 5.53. The minimum atomic E-state index is -0.658. The summed E-state index contributed by atoms with van der Waals surface area (Å²) in [6.45, 7) is 5.80. The average Bonchev–Trinajstić information content (AvgIpc) is 3.12. The lowest BCUT2D eigenvalue weighted by molar-refractivity contribution is -0.139. The maximum Gasteiger partial charge on any atom is 0.338 e. The number of ether oxygens (including phenoxy) is 2. The van der Waals surface area contributed by atoms with E-state index in [1.807, 2.05) is 43.3 Å². The number of fused-ring (bicyclic) bond motifs is 1. The zero-order chi connectivity index (χ0) is 26.0. The van der Waals surface area contributed by atoms with Gasteiger partial charge in [-0.1, -0.05) is 63.0 Å². The van der Waals surface area contributed by atoms with Crippen LogP contribution in [0.5, 0.6) is 5.75 Å². The van der Waals surface area contributed by atoms with Crippen molar-refractivity contribution in [3.63, 3.8) is 0 Å². The van der Waals surface area contributed by atoms with E-state index in [4.69, 9.17) is 15.9 Å². The third-order valence-corrected chi connectivity index (χ3v) is 7.56. The van der Waals surface area contributed by atoms with E-state index >= 15 is 0 Å². The number of carbonyl (C=O) groups excluding carboxylic acids is 1. The van der Waals surface area contributed by atoms with Crippen molar-refractivity contribution in [2.75, 3.05) is 13.2 Å². The lowest BCUT2D eigenvalue weighted by atomic mass is 9.95. The Balaban J connectivity index is 1.96. The lowest BCUT2D eigenvalue weighted by Crippen LogP contribution is -2.39. The summed E-state index contributed by atoms with van der Waals surface area (Å²) in [5, 5.41) is 0. The molecule has 0 spiro atoms. The number of benzene rings is 2. The number of rotatable bonds is 6. The van der Waals surface area contributed by atoms with Gasteiger partial charge < -0.3 is 9.47 Å². The first-order chi connectivity index (χ1) is 17.2. The highest BCUT2D eigenvalue weighted by molar-refractivity contribution is 9.11. The Kier molecular flexibility index (Phi) is 7.98. The second-order valence-electron chi connectivity index (χ2n) is 8.01. The molecule has 0 aliphatic carbocycles. The number of terminal acetylenes is 1. The molecule has 184 valence electrons. The van der Waals surface area contributed by atoms with E-state index in [2.05, 4.69) is 42.8 Å². The van der Waals surface area contributed by atoms with Gasteiger partial charge in [0.15, 0.2) is 4.80 Å². The highest BCUT2D eigenvalue weighted by Gasteiger charge is 2.33. The normalized spacial score (nSPS) is 15.2. The highest BCUT2D eigenvalue weighted by atomic mass is 79.9. The van der Waals surface area contributed by atoms with E-state index in [0.717, 1.165) is 15.6 Å². The summed E-state index contributed by atoms with van der Waals surface area (Å²) in [7, 11) is 0. The number of esters is 1. The fourth-order valence-electron chi connectivity index (χ4n) is 3.95. The Morgan fingerprint density at radius 2 is 1.97 bits per heavy atom. The summed E-state index contributed by atoms with van der Waals surface area (Å²) in [4.78, 5) is 31.9. The molecule has 0 N–H and O–H groups in total. The molecule has 6 nitrogen and oxygen atoms in total. The smallest absolute Gasteiger partial charge is 0.338 e. The van der Waals surface area contributed by atoms with Crippen molar-refractivity contribution >= 4 is 55.2 Å². The van der Waals surface area contributed by atoms with Gasteiger partial charge in [0.05, 0.1) is 32.9 Å². The number of aromatic nitrogens is 1. The van der Waals surface area contributed by atoms with E-state index in [-0.39, 0.29) is 18.8 Å². The maximum atomic E-state index is 13.8. The minimum absolute atomic E-state index is 0.0812. The van der Waals surface area contributed by atoms with Crippen LogP contribution in [0.25, 0.3) is 6.08 Å². The van der Waals surface area contributed by atoms with Gasteiger partial charge in [0.25, 0.3) is 5.56 Å². The number of allylic oxidation sites excluding steroid dienone is 1. The molecule has 2 aromatic carbocycles. The molecule has 1 aliphatic heterocycles. The third kappa shape index (κ3) is 5.12. The van der Waals surface area contributed by atoms with E-state index in [0.29, 0.717) is 36.4 Å². The van der Waals surface area contributed by atoms with E-state index in [9.17, 15) is 9.59 Å². The SMILES string of the molecule is C#CCOc1c(Br)cc(Br)cc1/C=c1\sc2n(c1=O)[C@H](c1ccc(C)cc1)C(C(=O)OCC)=C(C)N=2. The van der Waals surface area contributed by atoms with Crippen LogP contribution >= 0.6 is 43.2 Å². The first kappa shape index (κ1) is 26.1. The summed E-state index contributed by atoms with van der Waals surface area (Å²) >= 11 is 8.25. The molecule has 0 fully saturated rings. The van der Waals surface area contributed by atoms with Gasteiger partial charge in [0.2, 0.25) is 0 Å². The summed E-state index contributed by atoms with van der Waals surface area (Å²) in [6, 6.07) is 10.8. The maximum absolute atomic E-state index is 13.8. The van der Waals surface area contributed by atoms with Crippen LogP contribution in [-0.4, -0.2) is 23.8 Å². The molecule has 4 rings (SSSR count). The number of thiazole rings is 1. The first-order valence-electron chi connectivity index (χ1n) is 11.1. The van der Waals surface area contributed by atoms with Crippen LogP contribution in [0.4, 0.5) is 0 Å². The second-order valence-corrected chi connectivity index (χ2v) is 10.8. The van der Waals surface area contributed by atoms with Gasteiger partial charge in [-0.25, -0.2) is 9.79 Å². The van der Waals surface area contributed by atoms with Gasteiger partial charge in [-0.15, -0.1) is 6.42 Å². The van der Waals surface area contributed by atoms with Crippen molar-refractivity contribution in [3.8, 4) is 18.1 Å². The molecule has 36 heavy (non-hydrogen) atoms. The summed E-state index contributed by atoms with van der Waals surface area (Å²) in [5.41, 5.74) is 3.15. The number of carbonyl (C=O) groups is 1. The summed E-state index contributed by atoms with van der Waals surface area (Å²) in [6.07, 6.45) is 7.14. The number of nitrogens with zero attached hydrogens (tertiary/aromatic N) is 2. The fourth-order valence-corrected chi connectivity index (χ4v) is 6.36. The summed E-state index contributed by atoms with van der Waals surface area (Å²) in [5.74, 6) is 2.50. The van der Waals surface area contributed by atoms with Crippen LogP contribution in [0.1, 0.15) is 36.6 Å². The summed E-state index contributed by atoms with van der Waals surface area (Å²) < 4.78 is 14.6. The van der Waals surface area contributed by atoms with Crippen LogP contribution in [0.3, 0.4) is 0 Å². The van der Waals surface area contributed by atoms with Gasteiger partial charge in [0, 0.05) is 10.0 Å². The quantitative estimate of drug-likeness (QED) is 0.294. The molecule has 2 heterocycles. The molecule has 0 radical (unpaired) electrons. The molecule has 0 saturated carbocycles. The molecule has 1 aliphatic rings. The van der Waals surface area contributed by atoms with Gasteiger partial charge in [-0.2, -0.15) is 0 Å². The number of aryl methyl sites for hydroxylation is 1. The van der Waals surface area contributed by atoms with E-state index < -0.39 is 12.0 Å². The Bertz CT molecular complexity index is 1590. The number of hydrogen-bond donors (Lipinski definition) is 0. The largest absolute Gasteiger partial charge is 0.479 e. The fraction of sp³-hybridized carbons (Fsp3) is 0.222. The molecule has 0 unspecified atom stereocenters. The van der Waals surface area contributed by atoms with Gasteiger partial charge in [-0.05, 0) is 60.5 Å². The molecule has 3 aromatic rings. The Morgan fingerprint density at radius 3 is 2.64 bits per heavy atom. The molecule has 0 amide bonds. The second kappa shape index (κ2) is 11.0. The minimum Gasteiger partial charge on any atom is -0.479 e. The molecule has 1 aromatic heterocycles. The van der Waals surface area contributed by atoms with E-state index in [1.54, 1.807) is 24.5 Å². The molecule has 0 saturated heterocycles. The van der Waals surface area contributed by atoms with Gasteiger partial charge in [0.1, 0.15) is 12.4 Å². The first-order valence-corrected chi connectivity index (χ1v) is 13.5. The zero-order valence-electron chi connectivity index (χ0n) is 19.8. The number of hydrogen-bond acceptors (Lipinski definition) is 6. The number of halogens is 2. The Labute approximate surface area is 229 Å². The molecular weight excluding hydrogens is 608 g/mol. The standard InChI is InChI=1S/C27H22Br2N2O4S/c1-5-11-35-24-18(12-19(28)14-20(24)29)13-21-25(32)31-23(17-9-7-15(3)8-10-17)22(26(33)34-6-2)16(4)30-27(31)36-21/h1,7-10,12-14,23H,6,11H2,2-4H3/b21-13-/t23-/m1/s1. The van der Waals surface area contributed by atoms with Crippen molar-refractivity contribution in [2.45, 2.75) is 26.8 Å². The predicted molar refractivity (Wildman–Crippen MR) is 148 cm³/mol. The van der Waals surface area contributed by atoms with Crippen LogP contribution < -0.4 is 19.6 Å². The molecule has 0 bridgehead atoms. The molecule has 9 heteroatoms. The lowest BCUT2D eigenvalue weighted by Gasteiger charge is -2.24. The van der Waals surface area contributed by atoms with Crippen molar-refractivity contribution in [1.82, 2.24) is 4.57 Å². The topological polar surface area (TPSA) is 69.9 Å². The van der Waals surface area contributed by atoms with Crippen molar-refractivity contribution in [1.29, 1.82) is 0 Å². The average molecular weight is 630 g/mol. The molecule has 1 atom stereocenters. The van der Waals surface area contributed by atoms with Gasteiger partial charge >= 0.3 is 5.97 Å². The van der Waals surface area contributed by atoms with Crippen LogP contribution in [0, 0.1) is 19.3 Å². The van der Waals surface area contributed by atoms with Crippen molar-refractivity contribution in [3.05, 3.63) is 93.0 Å². The van der Waals surface area contributed by atoms with Crippen molar-refractivity contribution in [2.24, 2.45) is 4.99 Å². The monoisotopic (exact) mass is 628 g/mol. The van der Waals surface area contributed by atoms with Crippen LogP contribution in [0.2, 0.25) is 0 Å².